The standard InChI is InChI=1S/C10H12Cl2O/c11-7-8(12)10-4-1-3-9(7,10)5-2-6(10)13/h7-8H,1-5H2. The molecule has 3 aliphatic rings. The second-order valence-electron chi connectivity index (χ2n) is 4.71. The first-order valence-corrected chi connectivity index (χ1v) is 5.84. The molecule has 3 rings (SSSR count). The number of ketones is 1. The largest absolute Gasteiger partial charge is 0.299 e. The monoisotopic (exact) mass is 218 g/mol. The van der Waals surface area contributed by atoms with Gasteiger partial charge in [0.1, 0.15) is 5.78 Å². The number of alkyl halides is 2. The van der Waals surface area contributed by atoms with Crippen molar-refractivity contribution in [3.8, 4) is 0 Å². The Morgan fingerprint density at radius 1 is 1.15 bits per heavy atom. The molecule has 0 saturated heterocycles. The Labute approximate surface area is 87.8 Å². The molecular weight excluding hydrogens is 207 g/mol. The SMILES string of the molecule is O=C1CCC23CCCC12C(Cl)C3Cl. The van der Waals surface area contributed by atoms with E-state index in [2.05, 4.69) is 0 Å². The lowest BCUT2D eigenvalue weighted by Gasteiger charge is -2.58. The van der Waals surface area contributed by atoms with E-state index < -0.39 is 0 Å². The van der Waals surface area contributed by atoms with Crippen LogP contribution in [0.25, 0.3) is 0 Å². The van der Waals surface area contributed by atoms with E-state index in [4.69, 9.17) is 23.2 Å². The Morgan fingerprint density at radius 2 is 1.92 bits per heavy atom. The smallest absolute Gasteiger partial charge is 0.141 e. The fourth-order valence-corrected chi connectivity index (χ4v) is 5.32. The van der Waals surface area contributed by atoms with Crippen molar-refractivity contribution in [2.45, 2.75) is 42.9 Å². The van der Waals surface area contributed by atoms with E-state index in [0.29, 0.717) is 12.2 Å². The molecule has 0 aromatic carbocycles. The first-order valence-electron chi connectivity index (χ1n) is 4.97. The lowest BCUT2D eigenvalue weighted by molar-refractivity contribution is -0.135. The summed E-state index contributed by atoms with van der Waals surface area (Å²) in [5, 5.41) is -0.0465. The highest BCUT2D eigenvalue weighted by atomic mass is 35.5. The van der Waals surface area contributed by atoms with Gasteiger partial charge in [-0.3, -0.25) is 4.79 Å². The van der Waals surface area contributed by atoms with E-state index in [1.165, 1.54) is 0 Å². The maximum Gasteiger partial charge on any atom is 0.141 e. The van der Waals surface area contributed by atoms with Gasteiger partial charge in [-0.25, -0.2) is 0 Å². The Bertz CT molecular complexity index is 291. The molecule has 0 heterocycles. The number of rotatable bonds is 0. The second-order valence-corrected chi connectivity index (χ2v) is 5.65. The quantitative estimate of drug-likeness (QED) is 0.572. The highest BCUT2D eigenvalue weighted by Gasteiger charge is 2.77. The summed E-state index contributed by atoms with van der Waals surface area (Å²) in [5.74, 6) is 0.391. The van der Waals surface area contributed by atoms with Gasteiger partial charge in [-0.15, -0.1) is 23.2 Å². The molecule has 3 fully saturated rings. The third-order valence-electron chi connectivity index (χ3n) is 4.63. The van der Waals surface area contributed by atoms with Crippen LogP contribution in [0.2, 0.25) is 0 Å². The van der Waals surface area contributed by atoms with E-state index >= 15 is 0 Å². The van der Waals surface area contributed by atoms with Crippen LogP contribution in [0.15, 0.2) is 0 Å². The maximum atomic E-state index is 11.8. The summed E-state index contributed by atoms with van der Waals surface area (Å²) in [6.45, 7) is 0. The summed E-state index contributed by atoms with van der Waals surface area (Å²) in [5.41, 5.74) is -0.0843. The normalized spacial score (nSPS) is 58.8. The van der Waals surface area contributed by atoms with E-state index in [-0.39, 0.29) is 21.6 Å². The van der Waals surface area contributed by atoms with Crippen molar-refractivity contribution in [2.75, 3.05) is 0 Å². The third kappa shape index (κ3) is 0.629. The van der Waals surface area contributed by atoms with Gasteiger partial charge in [0, 0.05) is 11.8 Å². The fraction of sp³-hybridized carbons (Fsp3) is 0.900. The molecule has 0 aromatic rings. The van der Waals surface area contributed by atoms with Gasteiger partial charge in [-0.1, -0.05) is 6.42 Å². The second kappa shape index (κ2) is 2.25. The molecule has 3 aliphatic carbocycles. The average molecular weight is 219 g/mol. The topological polar surface area (TPSA) is 17.1 Å². The first-order chi connectivity index (χ1) is 6.15. The number of Topliss-reactive ketones (excluding diaryl/α,β-unsaturated/α-hetero) is 1. The zero-order valence-corrected chi connectivity index (χ0v) is 8.87. The summed E-state index contributed by atoms with van der Waals surface area (Å²) in [6, 6.07) is 0. The molecule has 0 aromatic heterocycles. The van der Waals surface area contributed by atoms with E-state index in [9.17, 15) is 4.79 Å². The van der Waals surface area contributed by atoms with Crippen molar-refractivity contribution < 1.29 is 4.79 Å². The maximum absolute atomic E-state index is 11.8. The summed E-state index contributed by atoms with van der Waals surface area (Å²) in [4.78, 5) is 11.8. The van der Waals surface area contributed by atoms with Crippen LogP contribution in [0.3, 0.4) is 0 Å². The molecule has 0 radical (unpaired) electrons. The number of hydrogen-bond acceptors (Lipinski definition) is 1. The number of carbonyl (C=O) groups excluding carboxylic acids is 1. The molecule has 0 aliphatic heterocycles. The summed E-state index contributed by atoms with van der Waals surface area (Å²) in [6.07, 6.45) is 4.95. The number of carbonyl (C=O) groups is 1. The van der Waals surface area contributed by atoms with Gasteiger partial charge in [0.2, 0.25) is 0 Å². The zero-order chi connectivity index (χ0) is 9.27. The molecule has 0 spiro atoms. The fourth-order valence-electron chi connectivity index (χ4n) is 4.00. The molecule has 3 heteroatoms. The minimum atomic E-state index is -0.193. The zero-order valence-electron chi connectivity index (χ0n) is 7.35. The van der Waals surface area contributed by atoms with Crippen LogP contribution < -0.4 is 0 Å². The van der Waals surface area contributed by atoms with E-state index in [1.54, 1.807) is 0 Å². The Balaban J connectivity index is 2.13. The molecule has 0 amide bonds. The summed E-state index contributed by atoms with van der Waals surface area (Å²) in [7, 11) is 0. The summed E-state index contributed by atoms with van der Waals surface area (Å²) < 4.78 is 0. The predicted molar refractivity (Wildman–Crippen MR) is 52.2 cm³/mol. The van der Waals surface area contributed by atoms with Gasteiger partial charge >= 0.3 is 0 Å². The van der Waals surface area contributed by atoms with Crippen LogP contribution in [0.1, 0.15) is 32.1 Å². The lowest BCUT2D eigenvalue weighted by Crippen LogP contribution is -2.65. The van der Waals surface area contributed by atoms with Gasteiger partial charge in [0.05, 0.1) is 16.2 Å². The molecular formula is C10H12Cl2O. The highest BCUT2D eigenvalue weighted by Crippen LogP contribution is 2.75. The highest BCUT2D eigenvalue weighted by molar-refractivity contribution is 6.34. The van der Waals surface area contributed by atoms with Crippen LogP contribution >= 0.6 is 23.2 Å². The van der Waals surface area contributed by atoms with Gasteiger partial charge in [-0.2, -0.15) is 0 Å². The van der Waals surface area contributed by atoms with Crippen molar-refractivity contribution in [3.05, 3.63) is 0 Å². The van der Waals surface area contributed by atoms with Crippen molar-refractivity contribution in [3.63, 3.8) is 0 Å². The Kier molecular flexibility index (Phi) is 1.48. The average Bonchev–Trinajstić information content (AvgIpc) is 2.59. The van der Waals surface area contributed by atoms with E-state index in [0.717, 1.165) is 25.7 Å². The van der Waals surface area contributed by atoms with Crippen LogP contribution in [-0.2, 0) is 4.79 Å². The van der Waals surface area contributed by atoms with Crippen molar-refractivity contribution >= 4 is 29.0 Å². The van der Waals surface area contributed by atoms with Gasteiger partial charge in [0.15, 0.2) is 0 Å². The molecule has 4 atom stereocenters. The van der Waals surface area contributed by atoms with Gasteiger partial charge in [0.25, 0.3) is 0 Å². The third-order valence-corrected chi connectivity index (χ3v) is 6.06. The first kappa shape index (κ1) is 8.55. The lowest BCUT2D eigenvalue weighted by atomic mass is 9.52. The van der Waals surface area contributed by atoms with Gasteiger partial charge in [-0.05, 0) is 19.3 Å². The van der Waals surface area contributed by atoms with Crippen LogP contribution in [0.5, 0.6) is 0 Å². The Morgan fingerprint density at radius 3 is 2.62 bits per heavy atom. The van der Waals surface area contributed by atoms with Crippen molar-refractivity contribution in [1.29, 1.82) is 0 Å². The van der Waals surface area contributed by atoms with Crippen LogP contribution in [0, 0.1) is 10.8 Å². The predicted octanol–water partition coefficient (Wildman–Crippen LogP) is 2.73. The molecule has 0 N–H and O–H groups in total. The number of hydrogen-bond donors (Lipinski definition) is 0. The van der Waals surface area contributed by atoms with Crippen LogP contribution in [-0.4, -0.2) is 16.5 Å². The van der Waals surface area contributed by atoms with E-state index in [1.807, 2.05) is 0 Å². The molecule has 13 heavy (non-hydrogen) atoms. The molecule has 3 saturated carbocycles. The van der Waals surface area contributed by atoms with Gasteiger partial charge < -0.3 is 0 Å². The summed E-state index contributed by atoms with van der Waals surface area (Å²) >= 11 is 12.5. The molecule has 72 valence electrons. The minimum absolute atomic E-state index is 0.0446. The van der Waals surface area contributed by atoms with Crippen molar-refractivity contribution in [2.24, 2.45) is 10.8 Å². The van der Waals surface area contributed by atoms with Crippen molar-refractivity contribution in [1.82, 2.24) is 0 Å². The molecule has 0 bridgehead atoms. The molecule has 1 nitrogen and oxygen atoms in total. The molecule has 4 unspecified atom stereocenters. The minimum Gasteiger partial charge on any atom is -0.299 e. The Hall–Kier alpha value is 0.250. The number of halogens is 2. The van der Waals surface area contributed by atoms with Crippen LogP contribution in [0.4, 0.5) is 0 Å².